The van der Waals surface area contributed by atoms with Crippen LogP contribution in [0, 0.1) is 11.7 Å². The molecule has 1 saturated heterocycles. The Balaban J connectivity index is 1.42. The molecule has 5 rings (SSSR count). The Morgan fingerprint density at radius 3 is 2.86 bits per heavy atom. The van der Waals surface area contributed by atoms with Crippen LogP contribution < -0.4 is 10.1 Å². The smallest absolute Gasteiger partial charge is 0.252 e. The van der Waals surface area contributed by atoms with Gasteiger partial charge < -0.3 is 14.8 Å². The summed E-state index contributed by atoms with van der Waals surface area (Å²) in [6.07, 6.45) is 3.28. The maximum absolute atomic E-state index is 14.5. The highest BCUT2D eigenvalue weighted by atomic mass is 19.1. The van der Waals surface area contributed by atoms with Crippen molar-refractivity contribution in [3.8, 4) is 5.75 Å². The van der Waals surface area contributed by atoms with E-state index in [4.69, 9.17) is 9.47 Å². The number of carbonyl (C=O) groups is 1. The van der Waals surface area contributed by atoms with E-state index in [0.29, 0.717) is 47.6 Å². The number of hydrogen-bond donors (Lipinski definition) is 1. The van der Waals surface area contributed by atoms with Crippen LogP contribution in [0.15, 0.2) is 54.9 Å². The molecule has 192 valence electrons. The van der Waals surface area contributed by atoms with Crippen molar-refractivity contribution in [2.45, 2.75) is 25.1 Å². The maximum Gasteiger partial charge on any atom is 0.252 e. The van der Waals surface area contributed by atoms with E-state index >= 15 is 0 Å². The van der Waals surface area contributed by atoms with Crippen LogP contribution in [0.3, 0.4) is 0 Å². The molecule has 1 amide bonds. The van der Waals surface area contributed by atoms with Crippen molar-refractivity contribution in [3.05, 3.63) is 83.3 Å². The van der Waals surface area contributed by atoms with E-state index in [-0.39, 0.29) is 24.2 Å². The standard InChI is InChI=1S/C27H27F2N5O3/c1-34-23(7-9-31-34)26(17-5-6-24(36-2)20(28)11-17)33-27(35)18-3-4-19-14-30-25(32-22(19)12-18)13-16-8-10-37-15-21(16)29/h3-7,9,11-12,14,16,21,26H,8,10,13,15H2,1-2H3,(H,33,35)/t16-,21-,26+/m1/s1. The third-order valence-electron chi connectivity index (χ3n) is 6.70. The van der Waals surface area contributed by atoms with Gasteiger partial charge in [-0.05, 0) is 42.3 Å². The van der Waals surface area contributed by atoms with Gasteiger partial charge >= 0.3 is 0 Å². The molecule has 3 atom stereocenters. The van der Waals surface area contributed by atoms with E-state index in [1.165, 1.54) is 19.2 Å². The highest BCUT2D eigenvalue weighted by Gasteiger charge is 2.27. The molecule has 8 nitrogen and oxygen atoms in total. The number of aromatic nitrogens is 4. The summed E-state index contributed by atoms with van der Waals surface area (Å²) in [5.74, 6) is -0.443. The Morgan fingerprint density at radius 1 is 1.27 bits per heavy atom. The molecule has 1 aliphatic rings. The first-order valence-electron chi connectivity index (χ1n) is 12.0. The zero-order valence-electron chi connectivity index (χ0n) is 20.5. The highest BCUT2D eigenvalue weighted by molar-refractivity contribution is 5.98. The van der Waals surface area contributed by atoms with Crippen molar-refractivity contribution < 1.29 is 23.0 Å². The second kappa shape index (κ2) is 10.6. The summed E-state index contributed by atoms with van der Waals surface area (Å²) < 4.78 is 40.6. The third kappa shape index (κ3) is 5.29. The van der Waals surface area contributed by atoms with E-state index < -0.39 is 18.0 Å². The molecule has 2 aromatic heterocycles. The molecule has 37 heavy (non-hydrogen) atoms. The minimum Gasteiger partial charge on any atom is -0.494 e. The largest absolute Gasteiger partial charge is 0.494 e. The van der Waals surface area contributed by atoms with Crippen molar-refractivity contribution in [1.29, 1.82) is 0 Å². The Hall–Kier alpha value is -3.92. The van der Waals surface area contributed by atoms with Crippen molar-refractivity contribution >= 4 is 16.8 Å². The predicted octanol–water partition coefficient (Wildman–Crippen LogP) is 3.95. The van der Waals surface area contributed by atoms with Gasteiger partial charge in [0.1, 0.15) is 12.0 Å². The number of carbonyl (C=O) groups excluding carboxylic acids is 1. The van der Waals surface area contributed by atoms with Crippen LogP contribution in [-0.4, -0.2) is 52.2 Å². The van der Waals surface area contributed by atoms with Gasteiger partial charge in [0.25, 0.3) is 5.91 Å². The normalized spacial score (nSPS) is 18.5. The summed E-state index contributed by atoms with van der Waals surface area (Å²) >= 11 is 0. The molecule has 1 N–H and O–H groups in total. The Bertz CT molecular complexity index is 1430. The quantitative estimate of drug-likeness (QED) is 0.407. The second-order valence-corrected chi connectivity index (χ2v) is 9.08. The third-order valence-corrected chi connectivity index (χ3v) is 6.70. The van der Waals surface area contributed by atoms with Crippen LogP contribution in [0.5, 0.6) is 5.75 Å². The summed E-state index contributed by atoms with van der Waals surface area (Å²) in [4.78, 5) is 22.4. The summed E-state index contributed by atoms with van der Waals surface area (Å²) in [5.41, 5.74) is 2.19. The number of nitrogens with zero attached hydrogens (tertiary/aromatic N) is 4. The van der Waals surface area contributed by atoms with Gasteiger partial charge in [-0.3, -0.25) is 9.48 Å². The van der Waals surface area contributed by atoms with Crippen LogP contribution >= 0.6 is 0 Å². The SMILES string of the molecule is COc1ccc([C@H](NC(=O)c2ccc3cnc(C[C@H]4CCOC[C@H]4F)nc3c2)c2ccnn2C)cc1F. The molecule has 3 heterocycles. The minimum atomic E-state index is -1.04. The van der Waals surface area contributed by atoms with Gasteiger partial charge in [-0.15, -0.1) is 0 Å². The summed E-state index contributed by atoms with van der Waals surface area (Å²) in [7, 11) is 3.15. The first-order chi connectivity index (χ1) is 17.9. The molecule has 0 radical (unpaired) electrons. The molecule has 1 fully saturated rings. The molecular formula is C27H27F2N5O3. The molecule has 4 aromatic rings. The van der Waals surface area contributed by atoms with Crippen LogP contribution in [-0.2, 0) is 18.2 Å². The number of alkyl halides is 1. The molecule has 0 unspecified atom stereocenters. The Kier molecular flexibility index (Phi) is 7.09. The number of hydrogen-bond acceptors (Lipinski definition) is 6. The van der Waals surface area contributed by atoms with Crippen LogP contribution in [0.25, 0.3) is 10.9 Å². The highest BCUT2D eigenvalue weighted by Crippen LogP contribution is 2.27. The van der Waals surface area contributed by atoms with Crippen molar-refractivity contribution in [2.24, 2.45) is 13.0 Å². The summed E-state index contributed by atoms with van der Waals surface area (Å²) in [6, 6.07) is 10.8. The van der Waals surface area contributed by atoms with Crippen molar-refractivity contribution in [3.63, 3.8) is 0 Å². The number of rotatable bonds is 7. The lowest BCUT2D eigenvalue weighted by atomic mass is 9.94. The summed E-state index contributed by atoms with van der Waals surface area (Å²) in [6.45, 7) is 0.622. The van der Waals surface area contributed by atoms with Crippen molar-refractivity contribution in [2.75, 3.05) is 20.3 Å². The first-order valence-corrected chi connectivity index (χ1v) is 12.0. The van der Waals surface area contributed by atoms with Gasteiger partial charge in [0, 0.05) is 49.3 Å². The molecule has 0 spiro atoms. The number of benzene rings is 2. The number of fused-ring (bicyclic) bond motifs is 1. The van der Waals surface area contributed by atoms with Gasteiger partial charge in [0.15, 0.2) is 11.6 Å². The van der Waals surface area contributed by atoms with Crippen LogP contribution in [0.4, 0.5) is 8.78 Å². The van der Waals surface area contributed by atoms with Crippen molar-refractivity contribution in [1.82, 2.24) is 25.1 Å². The van der Waals surface area contributed by atoms with Gasteiger partial charge in [0.2, 0.25) is 0 Å². The molecule has 0 bridgehead atoms. The summed E-state index contributed by atoms with van der Waals surface area (Å²) in [5, 5.41) is 7.96. The van der Waals surface area contributed by atoms with E-state index in [1.807, 2.05) is 0 Å². The lowest BCUT2D eigenvalue weighted by Gasteiger charge is -2.25. The molecule has 0 saturated carbocycles. The topological polar surface area (TPSA) is 91.2 Å². The van der Waals surface area contributed by atoms with Gasteiger partial charge in [-0.2, -0.15) is 5.10 Å². The van der Waals surface area contributed by atoms with E-state index in [1.54, 1.807) is 54.5 Å². The number of amides is 1. The fraction of sp³-hybridized carbons (Fsp3) is 0.333. The van der Waals surface area contributed by atoms with Crippen LogP contribution in [0.2, 0.25) is 0 Å². The number of methoxy groups -OCH3 is 1. The van der Waals surface area contributed by atoms with E-state index in [9.17, 15) is 13.6 Å². The molecule has 1 aliphatic heterocycles. The molecular weight excluding hydrogens is 480 g/mol. The molecule has 2 aromatic carbocycles. The molecule has 0 aliphatic carbocycles. The lowest BCUT2D eigenvalue weighted by Crippen LogP contribution is -2.31. The van der Waals surface area contributed by atoms with Crippen LogP contribution in [0.1, 0.15) is 39.9 Å². The maximum atomic E-state index is 14.5. The van der Waals surface area contributed by atoms with Gasteiger partial charge in [-0.25, -0.2) is 18.7 Å². The predicted molar refractivity (Wildman–Crippen MR) is 133 cm³/mol. The molecule has 10 heteroatoms. The van der Waals surface area contributed by atoms with E-state index in [2.05, 4.69) is 20.4 Å². The first kappa shape index (κ1) is 24.8. The zero-order chi connectivity index (χ0) is 25.9. The minimum absolute atomic E-state index is 0.0957. The fourth-order valence-corrected chi connectivity index (χ4v) is 4.59. The number of aryl methyl sites for hydroxylation is 1. The Morgan fingerprint density at radius 2 is 2.14 bits per heavy atom. The van der Waals surface area contributed by atoms with Gasteiger partial charge in [0.05, 0.1) is 31.0 Å². The van der Waals surface area contributed by atoms with Gasteiger partial charge in [-0.1, -0.05) is 12.1 Å². The van der Waals surface area contributed by atoms with E-state index in [0.717, 1.165) is 5.39 Å². The average Bonchev–Trinajstić information content (AvgIpc) is 3.33. The Labute approximate surface area is 212 Å². The number of halogens is 2. The monoisotopic (exact) mass is 507 g/mol. The number of ether oxygens (including phenoxy) is 2. The average molecular weight is 508 g/mol. The fourth-order valence-electron chi connectivity index (χ4n) is 4.59. The number of nitrogens with one attached hydrogen (secondary N) is 1. The lowest BCUT2D eigenvalue weighted by molar-refractivity contribution is -0.00172. The zero-order valence-corrected chi connectivity index (χ0v) is 20.5. The second-order valence-electron chi connectivity index (χ2n) is 9.08.